The zero-order chi connectivity index (χ0) is 24.6. The average molecular weight is 475 g/mol. The van der Waals surface area contributed by atoms with Crippen molar-refractivity contribution in [3.05, 3.63) is 134 Å². The summed E-state index contributed by atoms with van der Waals surface area (Å²) in [7, 11) is 0. The van der Waals surface area contributed by atoms with Gasteiger partial charge in [0.25, 0.3) is 0 Å². The second kappa shape index (κ2) is 8.85. The highest BCUT2D eigenvalue weighted by molar-refractivity contribution is 6.08. The van der Waals surface area contributed by atoms with E-state index in [0.717, 1.165) is 45.0 Å². The summed E-state index contributed by atoms with van der Waals surface area (Å²) >= 11 is 0. The van der Waals surface area contributed by atoms with Crippen molar-refractivity contribution in [2.45, 2.75) is 0 Å². The van der Waals surface area contributed by atoms with Crippen LogP contribution in [0.15, 0.2) is 134 Å². The Balaban J connectivity index is 1.37. The van der Waals surface area contributed by atoms with Crippen LogP contribution in [0.4, 0.5) is 0 Å². The summed E-state index contributed by atoms with van der Waals surface area (Å²) in [5.41, 5.74) is 9.32. The van der Waals surface area contributed by atoms with Crippen LogP contribution in [0.5, 0.6) is 0 Å². The molecule has 0 amide bonds. The Kier molecular flexibility index (Phi) is 5.07. The van der Waals surface area contributed by atoms with Crippen LogP contribution >= 0.6 is 0 Å². The Morgan fingerprint density at radius 3 is 2.08 bits per heavy atom. The van der Waals surface area contributed by atoms with Crippen molar-refractivity contribution in [1.29, 1.82) is 0 Å². The highest BCUT2D eigenvalue weighted by Gasteiger charge is 2.13. The maximum absolute atomic E-state index is 4.95. The fraction of sp³-hybridized carbons (Fsp3) is 0. The molecule has 174 valence electrons. The van der Waals surface area contributed by atoms with Gasteiger partial charge in [-0.3, -0.25) is 9.97 Å². The summed E-state index contributed by atoms with van der Waals surface area (Å²) in [6.45, 7) is 0. The molecule has 0 radical (unpaired) electrons. The van der Waals surface area contributed by atoms with E-state index in [1.165, 1.54) is 16.3 Å². The van der Waals surface area contributed by atoms with Crippen LogP contribution in [-0.2, 0) is 0 Å². The van der Waals surface area contributed by atoms with Crippen LogP contribution in [0.2, 0.25) is 0 Å². The monoisotopic (exact) mass is 474 g/mol. The highest BCUT2D eigenvalue weighted by atomic mass is 15.0. The summed E-state index contributed by atoms with van der Waals surface area (Å²) in [5.74, 6) is 0. The summed E-state index contributed by atoms with van der Waals surface area (Å²) in [6, 6.07) is 39.8. The van der Waals surface area contributed by atoms with E-state index in [0.29, 0.717) is 0 Å². The maximum Gasteiger partial charge on any atom is 0.0899 e. The first-order chi connectivity index (χ1) is 18.3. The smallest absolute Gasteiger partial charge is 0.0899 e. The van der Waals surface area contributed by atoms with E-state index in [1.54, 1.807) is 6.20 Å². The molecule has 0 spiro atoms. The van der Waals surface area contributed by atoms with Crippen LogP contribution < -0.4 is 0 Å². The lowest BCUT2D eigenvalue weighted by Gasteiger charge is -2.12. The zero-order valence-corrected chi connectivity index (χ0v) is 20.0. The molecule has 7 rings (SSSR count). The van der Waals surface area contributed by atoms with Crippen molar-refractivity contribution in [2.24, 2.45) is 0 Å². The van der Waals surface area contributed by atoms with Crippen LogP contribution in [0.1, 0.15) is 0 Å². The third-order valence-corrected chi connectivity index (χ3v) is 6.76. The summed E-state index contributed by atoms with van der Waals surface area (Å²) in [6.07, 6.45) is 5.60. The number of para-hydroxylation sites is 1. The first-order valence-corrected chi connectivity index (χ1v) is 12.3. The Hall–Kier alpha value is -5.09. The molecular weight excluding hydrogens is 452 g/mol. The molecular formula is C33H22N4. The number of fused-ring (bicyclic) bond motifs is 3. The van der Waals surface area contributed by atoms with Gasteiger partial charge in [-0.2, -0.15) is 0 Å². The van der Waals surface area contributed by atoms with Crippen LogP contribution in [-0.4, -0.2) is 19.5 Å². The van der Waals surface area contributed by atoms with Crippen LogP contribution in [0, 0.1) is 0 Å². The molecule has 4 aromatic heterocycles. The van der Waals surface area contributed by atoms with Gasteiger partial charge in [-0.15, -0.1) is 0 Å². The van der Waals surface area contributed by atoms with Crippen molar-refractivity contribution in [2.75, 3.05) is 0 Å². The molecule has 37 heavy (non-hydrogen) atoms. The average Bonchev–Trinajstić information content (AvgIpc) is 3.32. The number of pyridine rings is 3. The minimum absolute atomic E-state index is 0.856. The van der Waals surface area contributed by atoms with Crippen molar-refractivity contribution in [3.63, 3.8) is 0 Å². The first-order valence-electron chi connectivity index (χ1n) is 12.3. The van der Waals surface area contributed by atoms with E-state index in [9.17, 15) is 0 Å². The molecule has 0 unspecified atom stereocenters. The molecule has 0 aliphatic heterocycles. The fourth-order valence-corrected chi connectivity index (χ4v) is 5.00. The molecule has 4 nitrogen and oxygen atoms in total. The zero-order valence-electron chi connectivity index (χ0n) is 20.0. The Morgan fingerprint density at radius 1 is 0.486 bits per heavy atom. The number of hydrogen-bond acceptors (Lipinski definition) is 3. The number of nitrogens with zero attached hydrogens (tertiary/aromatic N) is 4. The van der Waals surface area contributed by atoms with Crippen molar-refractivity contribution in [1.82, 2.24) is 19.5 Å². The van der Waals surface area contributed by atoms with Gasteiger partial charge >= 0.3 is 0 Å². The Labute approximate surface area is 214 Å². The lowest BCUT2D eigenvalue weighted by atomic mass is 10.0. The maximum atomic E-state index is 4.95. The molecule has 7 aromatic rings. The van der Waals surface area contributed by atoms with E-state index < -0.39 is 0 Å². The van der Waals surface area contributed by atoms with Gasteiger partial charge in [-0.1, -0.05) is 66.7 Å². The van der Waals surface area contributed by atoms with Crippen molar-refractivity contribution < 1.29 is 0 Å². The molecule has 0 aliphatic rings. The first kappa shape index (κ1) is 21.2. The molecule has 0 N–H and O–H groups in total. The van der Waals surface area contributed by atoms with Gasteiger partial charge in [0.1, 0.15) is 0 Å². The number of benzene rings is 3. The van der Waals surface area contributed by atoms with E-state index in [-0.39, 0.29) is 0 Å². The number of aromatic nitrogens is 4. The summed E-state index contributed by atoms with van der Waals surface area (Å²) in [5, 5.41) is 2.43. The second-order valence-corrected chi connectivity index (χ2v) is 9.00. The predicted molar refractivity (Wildman–Crippen MR) is 150 cm³/mol. The van der Waals surface area contributed by atoms with Gasteiger partial charge in [-0.25, -0.2) is 4.98 Å². The molecule has 3 aromatic carbocycles. The topological polar surface area (TPSA) is 43.6 Å². The highest BCUT2D eigenvalue weighted by Crippen LogP contribution is 2.33. The molecule has 0 saturated carbocycles. The van der Waals surface area contributed by atoms with Crippen molar-refractivity contribution in [3.8, 4) is 39.5 Å². The van der Waals surface area contributed by atoms with E-state index in [4.69, 9.17) is 4.98 Å². The molecule has 0 aliphatic carbocycles. The van der Waals surface area contributed by atoms with Gasteiger partial charge in [0.15, 0.2) is 0 Å². The second-order valence-electron chi connectivity index (χ2n) is 9.00. The lowest BCUT2D eigenvalue weighted by molar-refractivity contribution is 1.17. The molecule has 4 heterocycles. The van der Waals surface area contributed by atoms with Gasteiger partial charge in [0, 0.05) is 34.4 Å². The molecule has 0 bridgehead atoms. The third kappa shape index (κ3) is 3.76. The SMILES string of the molecule is c1ccc(-c2cc(-c3ccc(-n4c5ccccc5c5ccncc54)cc3)cc(-c3ccccn3)n2)cc1. The summed E-state index contributed by atoms with van der Waals surface area (Å²) < 4.78 is 2.28. The number of rotatable bonds is 4. The van der Waals surface area contributed by atoms with Gasteiger partial charge in [0.2, 0.25) is 0 Å². The minimum Gasteiger partial charge on any atom is -0.308 e. The molecule has 0 atom stereocenters. The third-order valence-electron chi connectivity index (χ3n) is 6.76. The van der Waals surface area contributed by atoms with Crippen LogP contribution in [0.25, 0.3) is 61.3 Å². The van der Waals surface area contributed by atoms with E-state index in [1.807, 2.05) is 48.8 Å². The summed E-state index contributed by atoms with van der Waals surface area (Å²) in [4.78, 5) is 13.9. The Bertz CT molecular complexity index is 1740. The van der Waals surface area contributed by atoms with Gasteiger partial charge in [-0.05, 0) is 59.7 Å². The van der Waals surface area contributed by atoms with Crippen LogP contribution in [0.3, 0.4) is 0 Å². The van der Waals surface area contributed by atoms with E-state index in [2.05, 4.69) is 93.4 Å². The number of hydrogen-bond donors (Lipinski definition) is 0. The van der Waals surface area contributed by atoms with Gasteiger partial charge in [0.05, 0.1) is 34.3 Å². The lowest BCUT2D eigenvalue weighted by Crippen LogP contribution is -1.95. The largest absolute Gasteiger partial charge is 0.308 e. The standard InChI is InChI=1S/C33H22N4/c1-2-8-24(9-3-1)30-20-25(21-31(36-30)29-11-6-7-18-35-29)23-13-15-26(16-14-23)37-32-12-5-4-10-27(32)28-17-19-34-22-33(28)37/h1-22H. The Morgan fingerprint density at radius 2 is 1.24 bits per heavy atom. The normalized spacial score (nSPS) is 11.2. The molecule has 4 heteroatoms. The van der Waals surface area contributed by atoms with Crippen molar-refractivity contribution >= 4 is 21.8 Å². The molecule has 0 fully saturated rings. The fourth-order valence-electron chi connectivity index (χ4n) is 5.00. The quantitative estimate of drug-likeness (QED) is 0.260. The van der Waals surface area contributed by atoms with Gasteiger partial charge < -0.3 is 4.57 Å². The predicted octanol–water partition coefficient (Wildman–Crippen LogP) is 7.97. The minimum atomic E-state index is 0.856. The molecule has 0 saturated heterocycles. The van der Waals surface area contributed by atoms with E-state index >= 15 is 0 Å².